The van der Waals surface area contributed by atoms with Crippen LogP contribution in [-0.2, 0) is 0 Å². The molecule has 1 saturated heterocycles. The molecule has 6 heteroatoms. The SMILES string of the molecule is COc1ccc([C@@H]2CCCN2C(=O)c2ccc(OC)c(Br)c2)c(OC)c1. The highest BCUT2D eigenvalue weighted by molar-refractivity contribution is 9.10. The van der Waals surface area contributed by atoms with Crippen molar-refractivity contribution in [1.29, 1.82) is 0 Å². The minimum atomic E-state index is -0.00997. The van der Waals surface area contributed by atoms with Gasteiger partial charge in [0.15, 0.2) is 0 Å². The standard InChI is InChI=1S/C20H22BrNO4/c1-24-14-7-8-15(19(12-14)26-3)17-5-4-10-22(17)20(23)13-6-9-18(25-2)16(21)11-13/h6-9,11-12,17H,4-5,10H2,1-3H3/t17-/m0/s1. The van der Waals surface area contributed by atoms with Gasteiger partial charge < -0.3 is 19.1 Å². The summed E-state index contributed by atoms with van der Waals surface area (Å²) in [5.74, 6) is 2.19. The van der Waals surface area contributed by atoms with Crippen molar-refractivity contribution in [3.05, 3.63) is 52.0 Å². The number of carbonyl (C=O) groups is 1. The third kappa shape index (κ3) is 3.51. The van der Waals surface area contributed by atoms with Crippen molar-refractivity contribution >= 4 is 21.8 Å². The fraction of sp³-hybridized carbons (Fsp3) is 0.350. The maximum absolute atomic E-state index is 13.1. The molecule has 1 atom stereocenters. The molecule has 1 aliphatic heterocycles. The molecular formula is C20H22BrNO4. The molecule has 1 aliphatic rings. The third-order valence-electron chi connectivity index (χ3n) is 4.71. The molecule has 1 fully saturated rings. The van der Waals surface area contributed by atoms with Crippen molar-refractivity contribution < 1.29 is 19.0 Å². The van der Waals surface area contributed by atoms with Gasteiger partial charge in [0.2, 0.25) is 0 Å². The van der Waals surface area contributed by atoms with Crippen LogP contribution in [0.5, 0.6) is 17.2 Å². The Morgan fingerprint density at radius 3 is 2.46 bits per heavy atom. The quantitative estimate of drug-likeness (QED) is 0.717. The van der Waals surface area contributed by atoms with Crippen molar-refractivity contribution in [1.82, 2.24) is 4.90 Å². The van der Waals surface area contributed by atoms with Crippen molar-refractivity contribution in [3.63, 3.8) is 0 Å². The Morgan fingerprint density at radius 1 is 1.04 bits per heavy atom. The number of halogens is 1. The van der Waals surface area contributed by atoms with Crippen LogP contribution in [0.1, 0.15) is 34.8 Å². The fourth-order valence-electron chi connectivity index (χ4n) is 3.39. The van der Waals surface area contributed by atoms with E-state index in [4.69, 9.17) is 14.2 Å². The largest absolute Gasteiger partial charge is 0.497 e. The third-order valence-corrected chi connectivity index (χ3v) is 5.33. The predicted octanol–water partition coefficient (Wildman–Crippen LogP) is 4.45. The Bertz CT molecular complexity index is 808. The first-order valence-electron chi connectivity index (χ1n) is 8.45. The molecule has 0 saturated carbocycles. The van der Waals surface area contributed by atoms with E-state index in [2.05, 4.69) is 15.9 Å². The molecule has 0 aromatic heterocycles. The van der Waals surface area contributed by atoms with Crippen molar-refractivity contribution in [2.75, 3.05) is 27.9 Å². The number of rotatable bonds is 5. The van der Waals surface area contributed by atoms with Crippen molar-refractivity contribution in [2.24, 2.45) is 0 Å². The number of hydrogen-bond donors (Lipinski definition) is 0. The molecule has 2 aromatic carbocycles. The lowest BCUT2D eigenvalue weighted by molar-refractivity contribution is 0.0734. The molecule has 2 aromatic rings. The molecule has 0 bridgehead atoms. The number of methoxy groups -OCH3 is 3. The molecule has 0 N–H and O–H groups in total. The molecule has 1 heterocycles. The van der Waals surface area contributed by atoms with Crippen LogP contribution in [0.3, 0.4) is 0 Å². The summed E-state index contributed by atoms with van der Waals surface area (Å²) in [6.45, 7) is 0.725. The Kier molecular flexibility index (Phi) is 5.71. The topological polar surface area (TPSA) is 48.0 Å². The number of likely N-dealkylation sites (tertiary alicyclic amines) is 1. The molecule has 1 amide bonds. The molecule has 0 radical (unpaired) electrons. The van der Waals surface area contributed by atoms with E-state index >= 15 is 0 Å². The van der Waals surface area contributed by atoms with E-state index in [1.807, 2.05) is 29.2 Å². The van der Waals surface area contributed by atoms with Crippen LogP contribution in [0.4, 0.5) is 0 Å². The van der Waals surface area contributed by atoms with E-state index in [-0.39, 0.29) is 11.9 Å². The van der Waals surface area contributed by atoms with Crippen molar-refractivity contribution in [3.8, 4) is 17.2 Å². The summed E-state index contributed by atoms with van der Waals surface area (Å²) >= 11 is 3.45. The summed E-state index contributed by atoms with van der Waals surface area (Å²) in [5.41, 5.74) is 1.64. The zero-order valence-corrected chi connectivity index (χ0v) is 16.7. The van der Waals surface area contributed by atoms with E-state index in [0.717, 1.165) is 40.9 Å². The van der Waals surface area contributed by atoms with Gasteiger partial charge in [-0.3, -0.25) is 4.79 Å². The smallest absolute Gasteiger partial charge is 0.254 e. The lowest BCUT2D eigenvalue weighted by Crippen LogP contribution is -2.30. The summed E-state index contributed by atoms with van der Waals surface area (Å²) in [4.78, 5) is 15.0. The van der Waals surface area contributed by atoms with Gasteiger partial charge in [-0.2, -0.15) is 0 Å². The van der Waals surface area contributed by atoms with Gasteiger partial charge >= 0.3 is 0 Å². The Labute approximate surface area is 162 Å². The molecule has 0 unspecified atom stereocenters. The molecule has 0 spiro atoms. The Morgan fingerprint density at radius 2 is 1.81 bits per heavy atom. The summed E-state index contributed by atoms with van der Waals surface area (Å²) in [6, 6.07) is 11.1. The fourth-order valence-corrected chi connectivity index (χ4v) is 3.93. The van der Waals surface area contributed by atoms with Gasteiger partial charge in [-0.05, 0) is 59.1 Å². The van der Waals surface area contributed by atoms with Crippen LogP contribution in [0.2, 0.25) is 0 Å². The first kappa shape index (κ1) is 18.6. The minimum Gasteiger partial charge on any atom is -0.497 e. The number of amides is 1. The van der Waals surface area contributed by atoms with E-state index in [9.17, 15) is 4.79 Å². The van der Waals surface area contributed by atoms with Crippen LogP contribution in [0.25, 0.3) is 0 Å². The number of hydrogen-bond acceptors (Lipinski definition) is 4. The van der Waals surface area contributed by atoms with Gasteiger partial charge in [0.25, 0.3) is 5.91 Å². The summed E-state index contributed by atoms with van der Waals surface area (Å²) in [7, 11) is 4.87. The summed E-state index contributed by atoms with van der Waals surface area (Å²) in [6.07, 6.45) is 1.87. The monoisotopic (exact) mass is 419 g/mol. The van der Waals surface area contributed by atoms with Crippen LogP contribution < -0.4 is 14.2 Å². The second kappa shape index (κ2) is 7.99. The molecule has 5 nitrogen and oxygen atoms in total. The van der Waals surface area contributed by atoms with E-state index in [1.54, 1.807) is 33.5 Å². The van der Waals surface area contributed by atoms with Gasteiger partial charge in [0, 0.05) is 23.7 Å². The molecule has 26 heavy (non-hydrogen) atoms. The van der Waals surface area contributed by atoms with Crippen molar-refractivity contribution in [2.45, 2.75) is 18.9 Å². The predicted molar refractivity (Wildman–Crippen MR) is 103 cm³/mol. The Balaban J connectivity index is 1.91. The summed E-state index contributed by atoms with van der Waals surface area (Å²) < 4.78 is 16.8. The van der Waals surface area contributed by atoms with E-state index in [0.29, 0.717) is 11.3 Å². The first-order valence-corrected chi connectivity index (χ1v) is 9.24. The number of ether oxygens (including phenoxy) is 3. The highest BCUT2D eigenvalue weighted by atomic mass is 79.9. The van der Waals surface area contributed by atoms with Gasteiger partial charge in [-0.25, -0.2) is 0 Å². The lowest BCUT2D eigenvalue weighted by atomic mass is 10.0. The maximum atomic E-state index is 13.1. The Hall–Kier alpha value is -2.21. The first-order chi connectivity index (χ1) is 12.6. The van der Waals surface area contributed by atoms with Gasteiger partial charge in [-0.1, -0.05) is 0 Å². The highest BCUT2D eigenvalue weighted by Gasteiger charge is 2.32. The van der Waals surface area contributed by atoms with E-state index in [1.165, 1.54) is 0 Å². The van der Waals surface area contributed by atoms with Crippen LogP contribution in [0.15, 0.2) is 40.9 Å². The average molecular weight is 420 g/mol. The van der Waals surface area contributed by atoms with Gasteiger partial charge in [0.05, 0.1) is 31.8 Å². The zero-order chi connectivity index (χ0) is 18.7. The lowest BCUT2D eigenvalue weighted by Gasteiger charge is -2.27. The van der Waals surface area contributed by atoms with Crippen LogP contribution >= 0.6 is 15.9 Å². The molecule has 138 valence electrons. The van der Waals surface area contributed by atoms with Crippen LogP contribution in [0, 0.1) is 0 Å². The maximum Gasteiger partial charge on any atom is 0.254 e. The number of carbonyl (C=O) groups excluding carboxylic acids is 1. The van der Waals surface area contributed by atoms with Gasteiger partial charge in [0.1, 0.15) is 17.2 Å². The molecular weight excluding hydrogens is 398 g/mol. The normalized spacial score (nSPS) is 16.5. The average Bonchev–Trinajstić information content (AvgIpc) is 3.16. The highest BCUT2D eigenvalue weighted by Crippen LogP contribution is 2.39. The number of nitrogens with zero attached hydrogens (tertiary/aromatic N) is 1. The molecule has 3 rings (SSSR count). The molecule has 0 aliphatic carbocycles. The second-order valence-electron chi connectivity index (χ2n) is 6.11. The second-order valence-corrected chi connectivity index (χ2v) is 6.97. The number of benzene rings is 2. The minimum absolute atomic E-state index is 0.00808. The van der Waals surface area contributed by atoms with E-state index < -0.39 is 0 Å². The van der Waals surface area contributed by atoms with Gasteiger partial charge in [-0.15, -0.1) is 0 Å². The zero-order valence-electron chi connectivity index (χ0n) is 15.1. The summed E-state index contributed by atoms with van der Waals surface area (Å²) in [5, 5.41) is 0. The van der Waals surface area contributed by atoms with Crippen LogP contribution in [-0.4, -0.2) is 38.7 Å².